The van der Waals surface area contributed by atoms with Crippen molar-refractivity contribution in [2.75, 3.05) is 45.3 Å². The Morgan fingerprint density at radius 2 is 1.06 bits per heavy atom. The molecule has 23 nitrogen and oxygen atoms in total. The van der Waals surface area contributed by atoms with E-state index in [1.807, 2.05) is 0 Å². The highest BCUT2D eigenvalue weighted by atomic mass is 32.2. The summed E-state index contributed by atoms with van der Waals surface area (Å²) < 4.78 is 37.0. The van der Waals surface area contributed by atoms with E-state index >= 15 is 0 Å². The van der Waals surface area contributed by atoms with E-state index in [1.54, 1.807) is 0 Å². The predicted octanol–water partition coefficient (Wildman–Crippen LogP) is 1.76. The van der Waals surface area contributed by atoms with E-state index in [9.17, 15) is 57.0 Å². The van der Waals surface area contributed by atoms with Crippen LogP contribution in [0.4, 0.5) is 0 Å². The van der Waals surface area contributed by atoms with Gasteiger partial charge in [0.2, 0.25) is 39.6 Å². The molecule has 376 valence electrons. The molecule has 0 aliphatic rings. The molecular formula is C42H73N9O14S. The lowest BCUT2D eigenvalue weighted by Crippen LogP contribution is -2.44. The van der Waals surface area contributed by atoms with Crippen molar-refractivity contribution in [2.45, 2.75) is 167 Å². The van der Waals surface area contributed by atoms with Crippen LogP contribution in [0.5, 0.6) is 0 Å². The third-order valence-corrected chi connectivity index (χ3v) is 11.4. The van der Waals surface area contributed by atoms with E-state index in [4.69, 9.17) is 9.47 Å². The zero-order valence-electron chi connectivity index (χ0n) is 38.4. The number of aliphatic carboxylic acids is 2. The minimum Gasteiger partial charge on any atom is -0.480 e. The normalized spacial score (nSPS) is 12.1. The Morgan fingerprint density at radius 3 is 1.62 bits per heavy atom. The number of aryl methyl sites for hydroxylation is 1. The van der Waals surface area contributed by atoms with Gasteiger partial charge in [-0.2, -0.15) is 0 Å². The molecule has 0 saturated heterocycles. The number of ether oxygens (including phenoxy) is 2. The maximum absolute atomic E-state index is 12.4. The quantitative estimate of drug-likeness (QED) is 0.0432. The maximum Gasteiger partial charge on any atom is 0.326 e. The lowest BCUT2D eigenvalue weighted by Gasteiger charge is -2.17. The molecule has 5 amide bonds. The molecule has 0 unspecified atom stereocenters. The predicted molar refractivity (Wildman–Crippen MR) is 239 cm³/mol. The standard InChI is InChI=1S/C42H73N9O14S/c1-32(52)31-65-29-28-64-27-26-44-37(54)23-21-33(41(58)59)46-39(56)24-22-34(42(60)61)45-38(55)19-15-25-43-36(53)20-16-30-66(62,63)49-40(57)18-14-12-10-8-6-4-2-3-5-7-9-11-13-17-35-47-50-51-48-35/h33-34H,2-31H2,1H3,(H,43,53)(H,44,54)(H,45,55)(H,46,56)(H,49,57)(H,58,59)(H,60,61)(H,47,48,50,51)/t33-,34-/m0/s1. The number of hydrogen-bond donors (Lipinski definition) is 8. The number of carboxylic acids is 2. The Hall–Kier alpha value is -5.10. The molecule has 0 aliphatic heterocycles. The summed E-state index contributed by atoms with van der Waals surface area (Å²) in [5.74, 6) is -5.51. The molecule has 1 aromatic heterocycles. The van der Waals surface area contributed by atoms with Gasteiger partial charge >= 0.3 is 11.9 Å². The molecule has 24 heteroatoms. The van der Waals surface area contributed by atoms with Gasteiger partial charge in [0, 0.05) is 51.6 Å². The smallest absolute Gasteiger partial charge is 0.326 e. The van der Waals surface area contributed by atoms with Crippen molar-refractivity contribution >= 4 is 57.3 Å². The number of aromatic amines is 1. The first-order valence-corrected chi connectivity index (χ1v) is 24.7. The number of hydrogen-bond acceptors (Lipinski definition) is 15. The summed E-state index contributed by atoms with van der Waals surface area (Å²) in [4.78, 5) is 95.5. The van der Waals surface area contributed by atoms with E-state index in [2.05, 4.69) is 46.6 Å². The number of carbonyl (C=O) groups is 8. The van der Waals surface area contributed by atoms with Crippen LogP contribution >= 0.6 is 0 Å². The lowest BCUT2D eigenvalue weighted by molar-refractivity contribution is -0.143. The molecule has 66 heavy (non-hydrogen) atoms. The van der Waals surface area contributed by atoms with Crippen LogP contribution < -0.4 is 26.0 Å². The van der Waals surface area contributed by atoms with Crippen molar-refractivity contribution in [3.05, 3.63) is 5.82 Å². The fourth-order valence-electron chi connectivity index (χ4n) is 6.46. The highest BCUT2D eigenvalue weighted by Gasteiger charge is 2.24. The largest absolute Gasteiger partial charge is 0.480 e. The van der Waals surface area contributed by atoms with Crippen molar-refractivity contribution in [3.8, 4) is 0 Å². The number of H-pyrrole nitrogens is 1. The second kappa shape index (κ2) is 37.0. The topological polar surface area (TPSA) is 344 Å². The van der Waals surface area contributed by atoms with E-state index in [1.165, 1.54) is 51.9 Å². The first-order valence-electron chi connectivity index (χ1n) is 23.1. The molecular weight excluding hydrogens is 887 g/mol. The Balaban J connectivity index is 2.12. The van der Waals surface area contributed by atoms with Gasteiger partial charge in [-0.25, -0.2) is 23.1 Å². The molecule has 0 radical (unpaired) electrons. The van der Waals surface area contributed by atoms with E-state index in [0.29, 0.717) is 6.42 Å². The summed E-state index contributed by atoms with van der Waals surface area (Å²) >= 11 is 0. The third-order valence-electron chi connectivity index (χ3n) is 10.0. The highest BCUT2D eigenvalue weighted by Crippen LogP contribution is 2.14. The number of tetrazole rings is 1. The second-order valence-electron chi connectivity index (χ2n) is 16.1. The number of nitrogens with one attached hydrogen (secondary N) is 6. The summed E-state index contributed by atoms with van der Waals surface area (Å²) in [6.07, 6.45) is 13.7. The molecule has 0 saturated carbocycles. The number of Topliss-reactive ketones (excluding diaryl/α,β-unsaturated/α-hetero) is 1. The lowest BCUT2D eigenvalue weighted by atomic mass is 10.0. The van der Waals surface area contributed by atoms with Gasteiger partial charge in [0.15, 0.2) is 5.78 Å². The van der Waals surface area contributed by atoms with Gasteiger partial charge in [0.25, 0.3) is 0 Å². The monoisotopic (exact) mass is 959 g/mol. The van der Waals surface area contributed by atoms with Crippen LogP contribution in [0, 0.1) is 0 Å². The van der Waals surface area contributed by atoms with Crippen molar-refractivity contribution in [1.82, 2.24) is 46.6 Å². The van der Waals surface area contributed by atoms with Gasteiger partial charge < -0.3 is 41.0 Å². The minimum absolute atomic E-state index is 0.0209. The van der Waals surface area contributed by atoms with Gasteiger partial charge in [0.05, 0.1) is 25.6 Å². The molecule has 2 atom stereocenters. The van der Waals surface area contributed by atoms with Gasteiger partial charge in [-0.15, -0.1) is 5.10 Å². The maximum atomic E-state index is 12.4. The van der Waals surface area contributed by atoms with Crippen LogP contribution in [0.1, 0.15) is 154 Å². The summed E-state index contributed by atoms with van der Waals surface area (Å²) in [6, 6.07) is -2.89. The molecule has 1 heterocycles. The number of aromatic nitrogens is 4. The number of ketones is 1. The highest BCUT2D eigenvalue weighted by molar-refractivity contribution is 7.90. The third kappa shape index (κ3) is 34.3. The average Bonchev–Trinajstić information content (AvgIpc) is 3.78. The number of unbranched alkanes of at least 4 members (excludes halogenated alkanes) is 12. The fourth-order valence-corrected chi connectivity index (χ4v) is 7.53. The van der Waals surface area contributed by atoms with E-state index < -0.39 is 75.8 Å². The Morgan fingerprint density at radius 1 is 0.576 bits per heavy atom. The van der Waals surface area contributed by atoms with Gasteiger partial charge in [-0.05, 0) is 55.9 Å². The number of carboxylic acid groups (broad SMARTS) is 2. The number of sulfonamides is 1. The summed E-state index contributed by atoms with van der Waals surface area (Å²) in [5.41, 5.74) is 0. The van der Waals surface area contributed by atoms with Crippen LogP contribution in [0.3, 0.4) is 0 Å². The molecule has 0 fully saturated rings. The van der Waals surface area contributed by atoms with Crippen molar-refractivity contribution in [3.63, 3.8) is 0 Å². The minimum atomic E-state index is -3.91. The van der Waals surface area contributed by atoms with Gasteiger partial charge in [-0.1, -0.05) is 70.6 Å². The van der Waals surface area contributed by atoms with Crippen LogP contribution in [0.2, 0.25) is 0 Å². The molecule has 1 aromatic rings. The van der Waals surface area contributed by atoms with Crippen LogP contribution in [-0.4, -0.2) is 144 Å². The number of amides is 5. The van der Waals surface area contributed by atoms with E-state index in [-0.39, 0.29) is 96.7 Å². The molecule has 0 aliphatic carbocycles. The van der Waals surface area contributed by atoms with Crippen molar-refractivity contribution in [1.29, 1.82) is 0 Å². The molecule has 0 bridgehead atoms. The zero-order chi connectivity index (χ0) is 48.8. The van der Waals surface area contributed by atoms with Gasteiger partial charge in [-0.3, -0.25) is 33.5 Å². The Labute approximate surface area is 387 Å². The summed E-state index contributed by atoms with van der Waals surface area (Å²) in [7, 11) is -3.91. The molecule has 8 N–H and O–H groups in total. The number of nitrogens with zero attached hydrogens (tertiary/aromatic N) is 3. The fraction of sp³-hybridized carbons (Fsp3) is 0.786. The van der Waals surface area contributed by atoms with E-state index in [0.717, 1.165) is 44.3 Å². The Kier molecular flexibility index (Phi) is 33.1. The zero-order valence-corrected chi connectivity index (χ0v) is 39.2. The van der Waals surface area contributed by atoms with Crippen LogP contribution in [0.25, 0.3) is 0 Å². The van der Waals surface area contributed by atoms with Gasteiger partial charge in [0.1, 0.15) is 24.5 Å². The van der Waals surface area contributed by atoms with Crippen molar-refractivity contribution in [2.24, 2.45) is 0 Å². The first-order chi connectivity index (χ1) is 31.6. The average molecular weight is 960 g/mol. The summed E-state index contributed by atoms with van der Waals surface area (Å²) in [6.45, 7) is 2.12. The first kappa shape index (κ1) is 58.9. The second-order valence-corrected chi connectivity index (χ2v) is 17.9. The van der Waals surface area contributed by atoms with Crippen LogP contribution in [-0.2, 0) is 64.3 Å². The Bertz CT molecular complexity index is 1700. The van der Waals surface area contributed by atoms with Crippen LogP contribution in [0.15, 0.2) is 0 Å². The molecule has 0 spiro atoms. The van der Waals surface area contributed by atoms with Crippen molar-refractivity contribution < 1.29 is 66.5 Å². The number of carbonyl (C=O) groups excluding carboxylic acids is 6. The number of rotatable bonds is 43. The molecule has 0 aromatic carbocycles. The SMILES string of the molecule is CC(=O)COCCOCCNC(=O)CC[C@H](NC(=O)CC[C@H](NC(=O)CCCNC(=O)CCCS(=O)(=O)NC(=O)CCCCCCCCCCCCCCCc1nnn[nH]1)C(=O)O)C(=O)O. The molecule has 1 rings (SSSR count). The summed E-state index contributed by atoms with van der Waals surface area (Å²) in [5, 5.41) is 42.5.